The zero-order chi connectivity index (χ0) is 27.0. The zero-order valence-corrected chi connectivity index (χ0v) is 25.5. The summed E-state index contributed by atoms with van der Waals surface area (Å²) in [5, 5.41) is 21.3. The first kappa shape index (κ1) is 28.5. The van der Waals surface area contributed by atoms with Crippen LogP contribution in [0.3, 0.4) is 0 Å². The monoisotopic (exact) mass is 589 g/mol. The summed E-state index contributed by atoms with van der Waals surface area (Å²) in [5.74, 6) is 0. The maximum Gasteiger partial charge on any atom is 0.103 e. The van der Waals surface area contributed by atoms with Crippen LogP contribution in [0, 0.1) is 6.92 Å². The number of rotatable bonds is 4. The lowest BCUT2D eigenvalue weighted by atomic mass is 9.78. The molecule has 5 aliphatic rings. The summed E-state index contributed by atoms with van der Waals surface area (Å²) in [6.45, 7) is 10.3. The summed E-state index contributed by atoms with van der Waals surface area (Å²) in [4.78, 5) is 7.68. The first-order chi connectivity index (χ1) is 19.6. The van der Waals surface area contributed by atoms with Gasteiger partial charge in [-0.25, -0.2) is 0 Å². The molecule has 41 heavy (non-hydrogen) atoms. The highest BCUT2D eigenvalue weighted by molar-refractivity contribution is 7.15. The third-order valence-electron chi connectivity index (χ3n) is 9.67. The van der Waals surface area contributed by atoms with Crippen LogP contribution in [-0.4, -0.2) is 76.0 Å². The fourth-order valence-electron chi connectivity index (χ4n) is 7.40. The molecule has 0 spiro atoms. The first-order valence-corrected chi connectivity index (χ1v) is 15.7. The second kappa shape index (κ2) is 11.9. The van der Waals surface area contributed by atoms with E-state index in [2.05, 4.69) is 84.9 Å². The van der Waals surface area contributed by atoms with Gasteiger partial charge in [0, 0.05) is 35.3 Å². The maximum absolute atomic E-state index is 4.59. The van der Waals surface area contributed by atoms with Gasteiger partial charge in [0.2, 0.25) is 0 Å². The standard InChI is InChI=1S/C16H20N4.C16H19N3S.ClH/c1-3-13(11-17-8-1)14-4-5-15(19-18-14)16-6-2-9-20(12-16)10-7-16;1-12-3-5-14(20-12)13-4-6-15(18-17-13)16-7-2-9-19(11-16)10-8-16;/h1,3-5,8,17H,2,6-7,9-12H2;3-6H,2,7-11H2,1H3;1H. The number of piperidine rings is 2. The van der Waals surface area contributed by atoms with Crippen molar-refractivity contribution in [1.82, 2.24) is 35.5 Å². The Morgan fingerprint density at radius 3 is 1.88 bits per heavy atom. The van der Waals surface area contributed by atoms with Crippen molar-refractivity contribution in [2.45, 2.75) is 56.3 Å². The summed E-state index contributed by atoms with van der Waals surface area (Å²) < 4.78 is 0. The molecular weight excluding hydrogens is 550 g/mol. The van der Waals surface area contributed by atoms with Crippen molar-refractivity contribution in [1.29, 1.82) is 0 Å². The third-order valence-corrected chi connectivity index (χ3v) is 10.7. The van der Waals surface area contributed by atoms with E-state index in [9.17, 15) is 0 Å². The second-order valence-corrected chi connectivity index (χ2v) is 13.6. The molecule has 4 saturated heterocycles. The predicted molar refractivity (Wildman–Crippen MR) is 168 cm³/mol. The van der Waals surface area contributed by atoms with Crippen LogP contribution in [0.25, 0.3) is 16.1 Å². The van der Waals surface area contributed by atoms with E-state index in [1.54, 1.807) is 11.3 Å². The smallest absolute Gasteiger partial charge is 0.103 e. The van der Waals surface area contributed by atoms with Gasteiger partial charge in [-0.3, -0.25) is 0 Å². The van der Waals surface area contributed by atoms with Crippen molar-refractivity contribution in [2.75, 3.05) is 45.8 Å². The molecule has 7 nitrogen and oxygen atoms in total. The number of dihydropyridines is 1. The quantitative estimate of drug-likeness (QED) is 0.438. The van der Waals surface area contributed by atoms with Crippen molar-refractivity contribution in [3.05, 3.63) is 76.7 Å². The molecule has 8 heterocycles. The third kappa shape index (κ3) is 5.72. The molecule has 4 fully saturated rings. The SMILES string of the molecule is C1=CNCC(c2ccc(C34CCCN(CC3)C4)nn2)=C1.Cc1ccc(-c2ccc(C34CCCN(CC3)C4)nn2)s1.Cl. The van der Waals surface area contributed by atoms with Gasteiger partial charge in [-0.05, 0) is 126 Å². The van der Waals surface area contributed by atoms with Gasteiger partial charge in [0.1, 0.15) is 5.69 Å². The number of hydrogen-bond donors (Lipinski definition) is 1. The second-order valence-electron chi connectivity index (χ2n) is 12.3. The van der Waals surface area contributed by atoms with Gasteiger partial charge >= 0.3 is 0 Å². The van der Waals surface area contributed by atoms with Crippen LogP contribution in [-0.2, 0) is 10.8 Å². The Balaban J connectivity index is 0.000000144. The fraction of sp³-hybridized carbons (Fsp3) is 0.500. The highest BCUT2D eigenvalue weighted by Gasteiger charge is 2.44. The van der Waals surface area contributed by atoms with Gasteiger partial charge in [-0.2, -0.15) is 15.3 Å². The molecule has 0 amide bonds. The molecule has 3 aromatic rings. The average molecular weight is 590 g/mol. The number of halogens is 1. The van der Waals surface area contributed by atoms with Crippen LogP contribution in [0.15, 0.2) is 54.8 Å². The van der Waals surface area contributed by atoms with E-state index >= 15 is 0 Å². The van der Waals surface area contributed by atoms with Gasteiger partial charge in [-0.1, -0.05) is 6.08 Å². The fourth-order valence-corrected chi connectivity index (χ4v) is 8.24. The number of thiophene rings is 1. The van der Waals surface area contributed by atoms with E-state index in [4.69, 9.17) is 0 Å². The van der Waals surface area contributed by atoms with E-state index in [-0.39, 0.29) is 23.2 Å². The molecule has 1 N–H and O–H groups in total. The van der Waals surface area contributed by atoms with Crippen molar-refractivity contribution in [2.24, 2.45) is 0 Å². The van der Waals surface area contributed by atoms with Crippen molar-refractivity contribution in [3.8, 4) is 10.6 Å². The molecule has 216 valence electrons. The number of hydrogen-bond acceptors (Lipinski definition) is 8. The van der Waals surface area contributed by atoms with Gasteiger partial charge in [-0.15, -0.1) is 28.8 Å². The minimum absolute atomic E-state index is 0. The van der Waals surface area contributed by atoms with E-state index < -0.39 is 0 Å². The molecule has 9 heteroatoms. The molecule has 0 aliphatic carbocycles. The van der Waals surface area contributed by atoms with Crippen molar-refractivity contribution >= 4 is 29.3 Å². The molecule has 4 atom stereocenters. The number of fused-ring (bicyclic) bond motifs is 4. The van der Waals surface area contributed by atoms with Crippen LogP contribution in [0.2, 0.25) is 0 Å². The van der Waals surface area contributed by atoms with Crippen LogP contribution in [0.5, 0.6) is 0 Å². The molecule has 0 radical (unpaired) electrons. The van der Waals surface area contributed by atoms with Crippen molar-refractivity contribution in [3.63, 3.8) is 0 Å². The molecule has 4 bridgehead atoms. The minimum atomic E-state index is 0. The Bertz CT molecular complexity index is 1390. The summed E-state index contributed by atoms with van der Waals surface area (Å²) >= 11 is 1.78. The summed E-state index contributed by atoms with van der Waals surface area (Å²) in [6.07, 6.45) is 13.7. The number of allylic oxidation sites excluding steroid dienone is 2. The van der Waals surface area contributed by atoms with Crippen LogP contribution >= 0.6 is 23.7 Å². The molecule has 3 aromatic heterocycles. The van der Waals surface area contributed by atoms with E-state index in [1.165, 1.54) is 105 Å². The first-order valence-electron chi connectivity index (χ1n) is 14.9. The summed E-state index contributed by atoms with van der Waals surface area (Å²) in [7, 11) is 0. The van der Waals surface area contributed by atoms with E-state index in [0.717, 1.165) is 17.9 Å². The topological polar surface area (TPSA) is 70.1 Å². The molecule has 8 rings (SSSR count). The highest BCUT2D eigenvalue weighted by atomic mass is 35.5. The van der Waals surface area contributed by atoms with E-state index in [1.807, 2.05) is 12.3 Å². The molecular formula is C32H40ClN7S. The number of nitrogens with zero attached hydrogens (tertiary/aromatic N) is 6. The average Bonchev–Trinajstić information content (AvgIpc) is 3.68. The number of aromatic nitrogens is 4. The summed E-state index contributed by atoms with van der Waals surface area (Å²) in [6, 6.07) is 13.0. The maximum atomic E-state index is 4.59. The Hall–Kier alpha value is -2.65. The van der Waals surface area contributed by atoms with Gasteiger partial charge in [0.05, 0.1) is 22.0 Å². The van der Waals surface area contributed by atoms with Crippen molar-refractivity contribution < 1.29 is 0 Å². The molecule has 0 saturated carbocycles. The van der Waals surface area contributed by atoms with Crippen LogP contribution in [0.4, 0.5) is 0 Å². The summed E-state index contributed by atoms with van der Waals surface area (Å²) in [5.41, 5.74) is 6.18. The van der Waals surface area contributed by atoms with Gasteiger partial charge in [0.25, 0.3) is 0 Å². The molecule has 5 aliphatic heterocycles. The number of nitrogens with one attached hydrogen (secondary N) is 1. The van der Waals surface area contributed by atoms with E-state index in [0.29, 0.717) is 0 Å². The largest absolute Gasteiger partial charge is 0.387 e. The minimum Gasteiger partial charge on any atom is -0.387 e. The van der Waals surface area contributed by atoms with Crippen LogP contribution < -0.4 is 5.32 Å². The van der Waals surface area contributed by atoms with Gasteiger partial charge < -0.3 is 15.1 Å². The Labute approximate surface area is 253 Å². The predicted octanol–water partition coefficient (Wildman–Crippen LogP) is 5.39. The lowest BCUT2D eigenvalue weighted by molar-refractivity contribution is 0.239. The normalized spacial score (nSPS) is 29.5. The lowest BCUT2D eigenvalue weighted by Gasteiger charge is -2.33. The number of aryl methyl sites for hydroxylation is 1. The Morgan fingerprint density at radius 1 is 0.732 bits per heavy atom. The molecule has 0 aromatic carbocycles. The highest BCUT2D eigenvalue weighted by Crippen LogP contribution is 2.42. The van der Waals surface area contributed by atoms with Crippen LogP contribution in [0.1, 0.15) is 60.5 Å². The Kier molecular flexibility index (Phi) is 8.28. The molecule has 4 unspecified atom stereocenters. The Morgan fingerprint density at radius 2 is 1.37 bits per heavy atom. The van der Waals surface area contributed by atoms with Gasteiger partial charge in [0.15, 0.2) is 0 Å². The zero-order valence-electron chi connectivity index (χ0n) is 23.9. The lowest BCUT2D eigenvalue weighted by Crippen LogP contribution is -2.37.